The Bertz CT molecular complexity index is 1410. The van der Waals surface area contributed by atoms with Crippen molar-refractivity contribution in [2.24, 2.45) is 0 Å². The first kappa shape index (κ1) is 21.1. The molecule has 4 heterocycles. The Hall–Kier alpha value is -3.44. The maximum atomic E-state index is 13.5. The molecule has 0 spiro atoms. The quantitative estimate of drug-likeness (QED) is 0.429. The summed E-state index contributed by atoms with van der Waals surface area (Å²) in [5.41, 5.74) is 3.21. The summed E-state index contributed by atoms with van der Waals surface area (Å²) in [5, 5.41) is 16.2. The predicted octanol–water partition coefficient (Wildman–Crippen LogP) is 4.06. The zero-order chi connectivity index (χ0) is 23.4. The molecule has 2 atom stereocenters. The second-order valence-electron chi connectivity index (χ2n) is 8.22. The summed E-state index contributed by atoms with van der Waals surface area (Å²) in [6.45, 7) is 1.32. The molecule has 4 aromatic rings. The molecule has 0 saturated carbocycles. The van der Waals surface area contributed by atoms with Gasteiger partial charge in [-0.1, -0.05) is 22.9 Å². The van der Waals surface area contributed by atoms with Gasteiger partial charge >= 0.3 is 6.43 Å². The highest BCUT2D eigenvalue weighted by Gasteiger charge is 2.40. The van der Waals surface area contributed by atoms with Gasteiger partial charge in [-0.3, -0.25) is 4.79 Å². The molecule has 0 bridgehead atoms. The van der Waals surface area contributed by atoms with Gasteiger partial charge in [0.2, 0.25) is 5.89 Å². The maximum absolute atomic E-state index is 13.5. The van der Waals surface area contributed by atoms with Crippen LogP contribution in [-0.2, 0) is 11.3 Å². The molecule has 1 saturated heterocycles. The zero-order valence-electron chi connectivity index (χ0n) is 17.6. The molecule has 0 N–H and O–H groups in total. The van der Waals surface area contributed by atoms with Gasteiger partial charge in [0.25, 0.3) is 11.8 Å². The lowest BCUT2D eigenvalue weighted by Crippen LogP contribution is -2.47. The molecule has 1 amide bonds. The number of carbonyl (C=O) groups is 1. The Morgan fingerprint density at radius 3 is 2.79 bits per heavy atom. The summed E-state index contributed by atoms with van der Waals surface area (Å²) in [4.78, 5) is 15.3. The van der Waals surface area contributed by atoms with E-state index in [4.69, 9.17) is 20.8 Å². The van der Waals surface area contributed by atoms with Crippen LogP contribution in [-0.4, -0.2) is 55.3 Å². The van der Waals surface area contributed by atoms with E-state index in [0.29, 0.717) is 47.8 Å². The van der Waals surface area contributed by atoms with Gasteiger partial charge in [-0.15, -0.1) is 15.3 Å². The highest BCUT2D eigenvalue weighted by Crippen LogP contribution is 2.35. The molecule has 12 heteroatoms. The third-order valence-corrected chi connectivity index (χ3v) is 6.49. The van der Waals surface area contributed by atoms with Gasteiger partial charge in [0.15, 0.2) is 0 Å². The Labute approximate surface area is 196 Å². The standard InChI is InChI=1S/C22H17ClF2N6O3/c23-13-3-4-16-15(8-13)26-29-31(16)18-10-33-6-5-17(18)30-9-12-2-1-11(7-14(12)22(30)32)20-27-28-21(34-20)19(24)25/h1-4,7-8,17-19H,5-6,9-10H2/t17-,18-/m1/s1. The summed E-state index contributed by atoms with van der Waals surface area (Å²) in [5.74, 6) is -0.967. The van der Waals surface area contributed by atoms with E-state index in [0.717, 1.165) is 11.1 Å². The van der Waals surface area contributed by atoms with E-state index in [1.165, 1.54) is 0 Å². The van der Waals surface area contributed by atoms with Crippen molar-refractivity contribution >= 4 is 28.5 Å². The van der Waals surface area contributed by atoms with Gasteiger partial charge in [0.05, 0.1) is 24.2 Å². The molecule has 0 unspecified atom stereocenters. The number of benzene rings is 2. The van der Waals surface area contributed by atoms with Crippen molar-refractivity contribution in [1.29, 1.82) is 0 Å². The second kappa shape index (κ2) is 8.10. The van der Waals surface area contributed by atoms with Crippen LogP contribution in [0.25, 0.3) is 22.5 Å². The van der Waals surface area contributed by atoms with Gasteiger partial charge in [-0.25, -0.2) is 4.68 Å². The van der Waals surface area contributed by atoms with Crippen molar-refractivity contribution in [1.82, 2.24) is 30.1 Å². The third-order valence-electron chi connectivity index (χ3n) is 6.25. The highest BCUT2D eigenvalue weighted by molar-refractivity contribution is 6.31. The number of amides is 1. The number of fused-ring (bicyclic) bond motifs is 2. The summed E-state index contributed by atoms with van der Waals surface area (Å²) in [6.07, 6.45) is -2.23. The van der Waals surface area contributed by atoms with Gasteiger partial charge < -0.3 is 14.1 Å². The minimum atomic E-state index is -2.86. The molecule has 174 valence electrons. The van der Waals surface area contributed by atoms with Crippen molar-refractivity contribution in [3.8, 4) is 11.5 Å². The number of hydrogen-bond donors (Lipinski definition) is 0. The van der Waals surface area contributed by atoms with E-state index in [1.54, 1.807) is 35.0 Å². The van der Waals surface area contributed by atoms with Crippen molar-refractivity contribution in [3.63, 3.8) is 0 Å². The van der Waals surface area contributed by atoms with Crippen LogP contribution in [0.15, 0.2) is 40.8 Å². The summed E-state index contributed by atoms with van der Waals surface area (Å²) >= 11 is 6.08. The molecule has 2 aliphatic heterocycles. The number of alkyl halides is 2. The van der Waals surface area contributed by atoms with Crippen LogP contribution in [0.3, 0.4) is 0 Å². The minimum absolute atomic E-state index is 0.0546. The zero-order valence-corrected chi connectivity index (χ0v) is 18.3. The van der Waals surface area contributed by atoms with Crippen LogP contribution < -0.4 is 0 Å². The average Bonchev–Trinajstić information content (AvgIpc) is 3.56. The monoisotopic (exact) mass is 486 g/mol. The van der Waals surface area contributed by atoms with E-state index in [1.807, 2.05) is 11.0 Å². The number of hydrogen-bond acceptors (Lipinski definition) is 7. The highest BCUT2D eigenvalue weighted by atomic mass is 35.5. The molecule has 2 aromatic carbocycles. The third kappa shape index (κ3) is 3.43. The maximum Gasteiger partial charge on any atom is 0.314 e. The number of halogens is 3. The van der Waals surface area contributed by atoms with Crippen molar-refractivity contribution < 1.29 is 22.7 Å². The van der Waals surface area contributed by atoms with E-state index in [2.05, 4.69) is 20.5 Å². The molecule has 0 radical (unpaired) electrons. The molecule has 34 heavy (non-hydrogen) atoms. The number of rotatable bonds is 4. The van der Waals surface area contributed by atoms with E-state index < -0.39 is 12.3 Å². The largest absolute Gasteiger partial charge is 0.415 e. The molecular weight excluding hydrogens is 470 g/mol. The fourth-order valence-electron chi connectivity index (χ4n) is 4.63. The summed E-state index contributed by atoms with van der Waals surface area (Å²) < 4.78 is 38.2. The summed E-state index contributed by atoms with van der Waals surface area (Å²) in [7, 11) is 0. The average molecular weight is 487 g/mol. The first-order valence-corrected chi connectivity index (χ1v) is 11.0. The number of ether oxygens (including phenoxy) is 1. The Morgan fingerprint density at radius 2 is 1.97 bits per heavy atom. The van der Waals surface area contributed by atoms with Crippen LogP contribution in [0.2, 0.25) is 5.02 Å². The van der Waals surface area contributed by atoms with E-state index >= 15 is 0 Å². The molecule has 2 aliphatic rings. The molecule has 0 aliphatic carbocycles. The normalized spacial score (nSPS) is 20.5. The Balaban J connectivity index is 1.31. The molecule has 9 nitrogen and oxygen atoms in total. The molecule has 2 aromatic heterocycles. The van der Waals surface area contributed by atoms with E-state index in [-0.39, 0.29) is 23.9 Å². The lowest BCUT2D eigenvalue weighted by Gasteiger charge is -2.37. The van der Waals surface area contributed by atoms with Gasteiger partial charge in [0.1, 0.15) is 5.52 Å². The summed E-state index contributed by atoms with van der Waals surface area (Å²) in [6, 6.07) is 10.1. The van der Waals surface area contributed by atoms with Crippen LogP contribution >= 0.6 is 11.6 Å². The predicted molar refractivity (Wildman–Crippen MR) is 115 cm³/mol. The minimum Gasteiger partial charge on any atom is -0.415 e. The smallest absolute Gasteiger partial charge is 0.314 e. The van der Waals surface area contributed by atoms with Crippen LogP contribution in [0, 0.1) is 0 Å². The molecule has 1 fully saturated rings. The Kier molecular flexibility index (Phi) is 5.03. The van der Waals surface area contributed by atoms with Crippen molar-refractivity contribution in [2.75, 3.05) is 13.2 Å². The number of carbonyl (C=O) groups excluding carboxylic acids is 1. The second-order valence-corrected chi connectivity index (χ2v) is 8.65. The fraction of sp³-hybridized carbons (Fsp3) is 0.318. The van der Waals surface area contributed by atoms with Crippen LogP contribution in [0.1, 0.15) is 40.7 Å². The topological polar surface area (TPSA) is 99.2 Å². The van der Waals surface area contributed by atoms with Gasteiger partial charge in [-0.2, -0.15) is 8.78 Å². The lowest BCUT2D eigenvalue weighted by atomic mass is 10.0. The first-order chi connectivity index (χ1) is 16.5. The first-order valence-electron chi connectivity index (χ1n) is 10.6. The van der Waals surface area contributed by atoms with Crippen LogP contribution in [0.5, 0.6) is 0 Å². The SMILES string of the molecule is O=C1c2cc(-c3nnc(C(F)F)o3)ccc2CN1[C@@H]1CCOC[C@H]1n1nnc2cc(Cl)ccc21. The molecular formula is C22H17ClF2N6O3. The van der Waals surface area contributed by atoms with Gasteiger partial charge in [0, 0.05) is 29.3 Å². The van der Waals surface area contributed by atoms with Gasteiger partial charge in [-0.05, 0) is 42.3 Å². The Morgan fingerprint density at radius 1 is 1.09 bits per heavy atom. The molecule has 6 rings (SSSR count). The lowest BCUT2D eigenvalue weighted by molar-refractivity contribution is -0.00547. The fourth-order valence-corrected chi connectivity index (χ4v) is 4.80. The van der Waals surface area contributed by atoms with E-state index in [9.17, 15) is 13.6 Å². The number of nitrogens with zero attached hydrogens (tertiary/aromatic N) is 6. The van der Waals surface area contributed by atoms with Crippen molar-refractivity contribution in [2.45, 2.75) is 31.5 Å². The van der Waals surface area contributed by atoms with Crippen molar-refractivity contribution in [3.05, 3.63) is 58.4 Å². The van der Waals surface area contributed by atoms with Crippen LogP contribution in [0.4, 0.5) is 8.78 Å². The number of aromatic nitrogens is 5.